The molecule has 222 valence electrons. The average Bonchev–Trinajstić information content (AvgIpc) is 3.34. The largest absolute Gasteiger partial charge is 0.469 e. The van der Waals surface area contributed by atoms with Crippen LogP contribution in [0, 0.1) is 5.92 Å². The SMILES string of the molecule is COC(=O)C[C@H]1[C@H](OC(C)=O)[C@H](n2ccc(=O)[nH]c2=O)O[C@@H]1COC(c1ccccc1)(c1ccccc1)c1ccccc1. The van der Waals surface area contributed by atoms with E-state index in [9.17, 15) is 19.2 Å². The van der Waals surface area contributed by atoms with Gasteiger partial charge in [-0.3, -0.25) is 23.9 Å². The molecule has 1 N–H and O–H groups in total. The van der Waals surface area contributed by atoms with Gasteiger partial charge in [-0.25, -0.2) is 4.79 Å². The van der Waals surface area contributed by atoms with Crippen molar-refractivity contribution in [1.82, 2.24) is 9.55 Å². The fourth-order valence-corrected chi connectivity index (χ4v) is 5.63. The summed E-state index contributed by atoms with van der Waals surface area (Å²) < 4.78 is 25.1. The molecular weight excluding hydrogens is 552 g/mol. The molecule has 10 nitrogen and oxygen atoms in total. The van der Waals surface area contributed by atoms with Crippen molar-refractivity contribution in [3.05, 3.63) is 141 Å². The molecule has 0 aliphatic carbocycles. The molecule has 0 amide bonds. The molecule has 1 aromatic heterocycles. The zero-order valence-electron chi connectivity index (χ0n) is 23.8. The van der Waals surface area contributed by atoms with E-state index in [0.29, 0.717) is 0 Å². The van der Waals surface area contributed by atoms with Crippen LogP contribution in [0.5, 0.6) is 0 Å². The molecule has 4 aromatic rings. The molecule has 0 spiro atoms. The van der Waals surface area contributed by atoms with Crippen LogP contribution in [0.4, 0.5) is 0 Å². The van der Waals surface area contributed by atoms with Crippen LogP contribution in [0.3, 0.4) is 0 Å². The van der Waals surface area contributed by atoms with Crippen LogP contribution in [0.1, 0.15) is 36.3 Å². The Hall–Kier alpha value is -4.80. The summed E-state index contributed by atoms with van der Waals surface area (Å²) in [5.41, 5.74) is 0.153. The maximum absolute atomic E-state index is 12.8. The molecule has 1 saturated heterocycles. The second kappa shape index (κ2) is 13.0. The highest BCUT2D eigenvalue weighted by Crippen LogP contribution is 2.43. The van der Waals surface area contributed by atoms with Gasteiger partial charge in [0.25, 0.3) is 5.56 Å². The van der Waals surface area contributed by atoms with Gasteiger partial charge in [-0.1, -0.05) is 91.0 Å². The molecule has 4 atom stereocenters. The van der Waals surface area contributed by atoms with E-state index in [2.05, 4.69) is 4.98 Å². The van der Waals surface area contributed by atoms with E-state index in [-0.39, 0.29) is 13.0 Å². The minimum atomic E-state index is -1.14. The first-order chi connectivity index (χ1) is 20.8. The van der Waals surface area contributed by atoms with Crippen molar-refractivity contribution in [3.8, 4) is 0 Å². The number of nitrogens with zero attached hydrogens (tertiary/aromatic N) is 1. The number of rotatable bonds is 10. The Kier molecular flexibility index (Phi) is 8.98. The van der Waals surface area contributed by atoms with Gasteiger partial charge < -0.3 is 18.9 Å². The van der Waals surface area contributed by atoms with Gasteiger partial charge in [-0.05, 0) is 16.7 Å². The molecule has 0 radical (unpaired) electrons. The predicted molar refractivity (Wildman–Crippen MR) is 156 cm³/mol. The summed E-state index contributed by atoms with van der Waals surface area (Å²) >= 11 is 0. The van der Waals surface area contributed by atoms with E-state index in [1.807, 2.05) is 91.0 Å². The number of carbonyl (C=O) groups excluding carboxylic acids is 2. The van der Waals surface area contributed by atoms with Crippen molar-refractivity contribution in [1.29, 1.82) is 0 Å². The Bertz CT molecular complexity index is 1560. The van der Waals surface area contributed by atoms with Crippen LogP contribution < -0.4 is 11.2 Å². The molecule has 3 aromatic carbocycles. The third-order valence-corrected chi connectivity index (χ3v) is 7.56. The van der Waals surface area contributed by atoms with Crippen LogP contribution in [0.2, 0.25) is 0 Å². The van der Waals surface area contributed by atoms with E-state index in [1.165, 1.54) is 26.3 Å². The Morgan fingerprint density at radius 2 is 1.40 bits per heavy atom. The monoisotopic (exact) mass is 584 g/mol. The zero-order chi connectivity index (χ0) is 30.4. The van der Waals surface area contributed by atoms with Crippen LogP contribution in [0.15, 0.2) is 113 Å². The van der Waals surface area contributed by atoms with Crippen LogP contribution in [0.25, 0.3) is 0 Å². The highest BCUT2D eigenvalue weighted by atomic mass is 16.6. The summed E-state index contributed by atoms with van der Waals surface area (Å²) in [5.74, 6) is -1.93. The molecule has 1 fully saturated rings. The standard InChI is InChI=1S/C33H32N2O8/c1-22(36)42-30-26(20-29(38)40-2)27(43-31(30)35-19-18-28(37)34-32(35)39)21-41-33(23-12-6-3-7-13-23,24-14-8-4-9-15-24)25-16-10-5-11-17-25/h3-19,26-27,30-31H,20-21H2,1-2H3,(H,34,37,39)/t26-,27-,30+,31-/m1/s1. The molecule has 2 heterocycles. The molecule has 10 heteroatoms. The van der Waals surface area contributed by atoms with Gasteiger partial charge in [0, 0.05) is 25.1 Å². The first kappa shape index (κ1) is 29.7. The number of hydrogen-bond donors (Lipinski definition) is 1. The van der Waals surface area contributed by atoms with Gasteiger partial charge >= 0.3 is 17.6 Å². The van der Waals surface area contributed by atoms with Gasteiger partial charge in [0.2, 0.25) is 0 Å². The predicted octanol–water partition coefficient (Wildman–Crippen LogP) is 3.55. The fraction of sp³-hybridized carbons (Fsp3) is 0.273. The number of esters is 2. The lowest BCUT2D eigenvalue weighted by atomic mass is 9.80. The number of carbonyl (C=O) groups is 2. The molecule has 1 aliphatic heterocycles. The number of aromatic nitrogens is 2. The summed E-state index contributed by atoms with van der Waals surface area (Å²) in [6, 6.07) is 30.4. The Balaban J connectivity index is 1.60. The molecule has 0 saturated carbocycles. The summed E-state index contributed by atoms with van der Waals surface area (Å²) in [5, 5.41) is 0. The Morgan fingerprint density at radius 3 is 1.86 bits per heavy atom. The summed E-state index contributed by atoms with van der Waals surface area (Å²) in [4.78, 5) is 51.6. The van der Waals surface area contributed by atoms with Crippen LogP contribution in [-0.2, 0) is 34.1 Å². The average molecular weight is 585 g/mol. The number of benzene rings is 3. The molecule has 0 unspecified atom stereocenters. The normalized spacial score (nSPS) is 20.0. The maximum atomic E-state index is 12.8. The topological polar surface area (TPSA) is 126 Å². The fourth-order valence-electron chi connectivity index (χ4n) is 5.63. The van der Waals surface area contributed by atoms with Crippen molar-refractivity contribution in [2.75, 3.05) is 13.7 Å². The molecule has 43 heavy (non-hydrogen) atoms. The van der Waals surface area contributed by atoms with E-state index >= 15 is 0 Å². The van der Waals surface area contributed by atoms with Gasteiger partial charge in [0.15, 0.2) is 12.3 Å². The van der Waals surface area contributed by atoms with Gasteiger partial charge in [0.1, 0.15) is 5.60 Å². The Labute approximate surface area is 247 Å². The summed E-state index contributed by atoms with van der Waals surface area (Å²) in [7, 11) is 1.26. The second-order valence-corrected chi connectivity index (χ2v) is 10.2. The minimum absolute atomic E-state index is 0.0628. The lowest BCUT2D eigenvalue weighted by molar-refractivity contribution is -0.156. The van der Waals surface area contributed by atoms with E-state index < -0.39 is 53.1 Å². The van der Waals surface area contributed by atoms with Crippen molar-refractivity contribution in [2.45, 2.75) is 37.4 Å². The molecule has 1 aliphatic rings. The molecular formula is C33H32N2O8. The number of methoxy groups -OCH3 is 1. The lowest BCUT2D eigenvalue weighted by Crippen LogP contribution is -2.39. The lowest BCUT2D eigenvalue weighted by Gasteiger charge is -2.37. The second-order valence-electron chi connectivity index (χ2n) is 10.2. The summed E-state index contributed by atoms with van der Waals surface area (Å²) in [6.07, 6.45) is -1.94. The van der Waals surface area contributed by atoms with Crippen molar-refractivity contribution in [2.24, 2.45) is 5.92 Å². The number of aromatic amines is 1. The number of ether oxygens (including phenoxy) is 4. The Morgan fingerprint density at radius 1 is 0.860 bits per heavy atom. The third-order valence-electron chi connectivity index (χ3n) is 7.56. The number of hydrogen-bond acceptors (Lipinski definition) is 8. The highest BCUT2D eigenvalue weighted by Gasteiger charge is 2.50. The van der Waals surface area contributed by atoms with Crippen LogP contribution in [-0.4, -0.2) is 47.4 Å². The molecule has 5 rings (SSSR count). The third kappa shape index (κ3) is 6.20. The smallest absolute Gasteiger partial charge is 0.330 e. The van der Waals surface area contributed by atoms with Crippen molar-refractivity contribution in [3.63, 3.8) is 0 Å². The van der Waals surface area contributed by atoms with Gasteiger partial charge in [-0.15, -0.1) is 0 Å². The van der Waals surface area contributed by atoms with E-state index in [4.69, 9.17) is 18.9 Å². The van der Waals surface area contributed by atoms with Crippen molar-refractivity contribution < 1.29 is 28.5 Å². The van der Waals surface area contributed by atoms with Crippen molar-refractivity contribution >= 4 is 11.9 Å². The molecule has 0 bridgehead atoms. The first-order valence-electron chi connectivity index (χ1n) is 13.8. The minimum Gasteiger partial charge on any atom is -0.469 e. The first-order valence-corrected chi connectivity index (χ1v) is 13.8. The number of H-pyrrole nitrogens is 1. The summed E-state index contributed by atoms with van der Waals surface area (Å²) in [6.45, 7) is 1.17. The number of nitrogens with one attached hydrogen (secondary N) is 1. The van der Waals surface area contributed by atoms with Gasteiger partial charge in [-0.2, -0.15) is 0 Å². The van der Waals surface area contributed by atoms with Gasteiger partial charge in [0.05, 0.1) is 26.2 Å². The zero-order valence-corrected chi connectivity index (χ0v) is 23.8. The maximum Gasteiger partial charge on any atom is 0.330 e. The highest BCUT2D eigenvalue weighted by molar-refractivity contribution is 5.70. The quantitative estimate of drug-likeness (QED) is 0.222. The van der Waals surface area contributed by atoms with Crippen LogP contribution >= 0.6 is 0 Å². The van der Waals surface area contributed by atoms with E-state index in [0.717, 1.165) is 21.3 Å². The van der Waals surface area contributed by atoms with E-state index in [1.54, 1.807) is 0 Å².